The number of carbonyl (C=O) groups excluding carboxylic acids is 1. The van der Waals surface area contributed by atoms with Gasteiger partial charge in [-0.25, -0.2) is 4.79 Å². The molecule has 1 aliphatic rings. The van der Waals surface area contributed by atoms with E-state index in [4.69, 9.17) is 13.7 Å². The highest BCUT2D eigenvalue weighted by molar-refractivity contribution is 5.89. The summed E-state index contributed by atoms with van der Waals surface area (Å²) in [6.07, 6.45) is 0. The molecule has 0 saturated carbocycles. The maximum Gasteiger partial charge on any atom is 0.337 e. The van der Waals surface area contributed by atoms with Crippen LogP contribution in [-0.4, -0.2) is 59.0 Å². The van der Waals surface area contributed by atoms with E-state index in [1.54, 1.807) is 12.1 Å². The van der Waals surface area contributed by atoms with Gasteiger partial charge >= 0.3 is 5.97 Å². The molecule has 1 atom stereocenters. The lowest BCUT2D eigenvalue weighted by molar-refractivity contribution is 0.0600. The van der Waals surface area contributed by atoms with Crippen molar-refractivity contribution in [2.24, 2.45) is 0 Å². The fourth-order valence-electron chi connectivity index (χ4n) is 4.40. The highest BCUT2D eigenvalue weighted by Gasteiger charge is 2.27. The third-order valence-electron chi connectivity index (χ3n) is 6.35. The zero-order valence-corrected chi connectivity index (χ0v) is 20.0. The molecule has 180 valence electrons. The first-order valence-corrected chi connectivity index (χ1v) is 11.6. The third kappa shape index (κ3) is 4.67. The van der Waals surface area contributed by atoms with Gasteiger partial charge in [0.1, 0.15) is 17.0 Å². The molecule has 0 radical (unpaired) electrons. The van der Waals surface area contributed by atoms with E-state index in [1.807, 2.05) is 49.4 Å². The summed E-state index contributed by atoms with van der Waals surface area (Å²) >= 11 is 0. The van der Waals surface area contributed by atoms with Crippen LogP contribution in [-0.2, 0) is 11.3 Å². The zero-order chi connectivity index (χ0) is 24.4. The number of anilines is 1. The van der Waals surface area contributed by atoms with Gasteiger partial charge in [0.05, 0.1) is 19.2 Å². The number of nitrogens with zero attached hydrogens (tertiary/aromatic N) is 5. The number of aromatic nitrogens is 3. The first-order valence-electron chi connectivity index (χ1n) is 11.6. The number of aryl methyl sites for hydroxylation is 1. The molecule has 1 aliphatic heterocycles. The highest BCUT2D eigenvalue weighted by Crippen LogP contribution is 2.33. The second-order valence-corrected chi connectivity index (χ2v) is 8.63. The van der Waals surface area contributed by atoms with Gasteiger partial charge in [-0.3, -0.25) is 4.90 Å². The predicted octanol–water partition coefficient (Wildman–Crippen LogP) is 4.20. The van der Waals surface area contributed by atoms with Gasteiger partial charge in [0.25, 0.3) is 5.89 Å². The van der Waals surface area contributed by atoms with Crippen LogP contribution in [0.2, 0.25) is 0 Å². The van der Waals surface area contributed by atoms with Gasteiger partial charge in [-0.15, -0.1) is 10.2 Å². The zero-order valence-electron chi connectivity index (χ0n) is 20.0. The van der Waals surface area contributed by atoms with Crippen molar-refractivity contribution in [3.05, 3.63) is 71.8 Å². The van der Waals surface area contributed by atoms with Crippen LogP contribution in [0.25, 0.3) is 22.7 Å². The normalized spacial score (nSPS) is 16.4. The van der Waals surface area contributed by atoms with Crippen LogP contribution in [0.1, 0.15) is 28.9 Å². The molecule has 9 nitrogen and oxygen atoms in total. The topological polar surface area (TPSA) is 97.7 Å². The van der Waals surface area contributed by atoms with Crippen molar-refractivity contribution in [1.29, 1.82) is 0 Å². The average Bonchev–Trinajstić information content (AvgIpc) is 3.51. The molecule has 0 bridgehead atoms. The third-order valence-corrected chi connectivity index (χ3v) is 6.35. The molecular weight excluding hydrogens is 446 g/mol. The average molecular weight is 474 g/mol. The summed E-state index contributed by atoms with van der Waals surface area (Å²) in [5.74, 6) is 1.28. The van der Waals surface area contributed by atoms with Crippen molar-refractivity contribution < 1.29 is 18.5 Å². The number of piperazine rings is 1. The Balaban J connectivity index is 1.26. The number of rotatable bonds is 6. The molecule has 0 aliphatic carbocycles. The Bertz CT molecular complexity index is 1300. The lowest BCUT2D eigenvalue weighted by atomic mass is 10.1. The Morgan fingerprint density at radius 2 is 1.86 bits per heavy atom. The van der Waals surface area contributed by atoms with E-state index in [-0.39, 0.29) is 12.0 Å². The van der Waals surface area contributed by atoms with Gasteiger partial charge in [0, 0.05) is 36.9 Å². The van der Waals surface area contributed by atoms with Crippen LogP contribution in [0.4, 0.5) is 5.69 Å². The van der Waals surface area contributed by atoms with E-state index in [1.165, 1.54) is 7.11 Å². The maximum absolute atomic E-state index is 11.7. The van der Waals surface area contributed by atoms with Gasteiger partial charge in [-0.1, -0.05) is 35.5 Å². The number of benzene rings is 2. The number of esters is 1. The minimum atomic E-state index is -0.328. The standard InChI is InChI=1S/C26H27N5O4/c1-17-15-31(21-11-9-20(10-12-21)26(32)33-3)14-13-30(17)16-22-27-28-25(34-22)23-18(2)35-29-24(23)19-7-5-4-6-8-19/h4-12,17H,13-16H2,1-3H3. The molecule has 3 heterocycles. The van der Waals surface area contributed by atoms with Crippen LogP contribution >= 0.6 is 0 Å². The van der Waals surface area contributed by atoms with Crippen LogP contribution in [0.3, 0.4) is 0 Å². The van der Waals surface area contributed by atoms with E-state index < -0.39 is 0 Å². The highest BCUT2D eigenvalue weighted by atomic mass is 16.5. The smallest absolute Gasteiger partial charge is 0.337 e. The first kappa shape index (κ1) is 22.8. The van der Waals surface area contributed by atoms with E-state index in [0.717, 1.165) is 36.4 Å². The molecule has 0 spiro atoms. The second-order valence-electron chi connectivity index (χ2n) is 8.63. The van der Waals surface area contributed by atoms with Gasteiger partial charge in [0.15, 0.2) is 0 Å². The van der Waals surface area contributed by atoms with Crippen LogP contribution in [0.5, 0.6) is 0 Å². The maximum atomic E-state index is 11.7. The Hall–Kier alpha value is -3.98. The summed E-state index contributed by atoms with van der Waals surface area (Å²) in [5.41, 5.74) is 3.99. The van der Waals surface area contributed by atoms with Crippen LogP contribution in [0, 0.1) is 6.92 Å². The summed E-state index contributed by atoms with van der Waals surface area (Å²) in [5, 5.41) is 12.8. The summed E-state index contributed by atoms with van der Waals surface area (Å²) in [6, 6.07) is 17.6. The Morgan fingerprint density at radius 3 is 2.57 bits per heavy atom. The van der Waals surface area contributed by atoms with E-state index in [9.17, 15) is 4.79 Å². The quantitative estimate of drug-likeness (QED) is 0.382. The lowest BCUT2D eigenvalue weighted by Gasteiger charge is -2.40. The molecule has 5 rings (SSSR count). The molecular formula is C26H27N5O4. The van der Waals surface area contributed by atoms with Crippen molar-refractivity contribution in [1.82, 2.24) is 20.3 Å². The Kier molecular flexibility index (Phi) is 6.33. The molecule has 1 unspecified atom stereocenters. The molecule has 1 saturated heterocycles. The molecule has 0 amide bonds. The molecule has 9 heteroatoms. The van der Waals surface area contributed by atoms with E-state index >= 15 is 0 Å². The molecule has 35 heavy (non-hydrogen) atoms. The Labute approximate surface area is 203 Å². The number of hydrogen-bond acceptors (Lipinski definition) is 9. The van der Waals surface area contributed by atoms with Crippen LogP contribution in [0.15, 0.2) is 63.5 Å². The largest absolute Gasteiger partial charge is 0.465 e. The molecule has 2 aromatic carbocycles. The molecule has 1 fully saturated rings. The monoisotopic (exact) mass is 473 g/mol. The Morgan fingerprint density at radius 1 is 1.09 bits per heavy atom. The summed E-state index contributed by atoms with van der Waals surface area (Å²) < 4.78 is 16.3. The fraction of sp³-hybridized carbons (Fsp3) is 0.308. The van der Waals surface area contributed by atoms with Gasteiger partial charge in [-0.2, -0.15) is 0 Å². The second kappa shape index (κ2) is 9.71. The molecule has 4 aromatic rings. The fourth-order valence-corrected chi connectivity index (χ4v) is 4.40. The molecule has 0 N–H and O–H groups in total. The van der Waals surface area contributed by atoms with Crippen molar-refractivity contribution in [2.75, 3.05) is 31.6 Å². The SMILES string of the molecule is COC(=O)c1ccc(N2CCN(Cc3nnc(-c4c(-c5ccccc5)noc4C)o3)C(C)C2)cc1. The van der Waals surface area contributed by atoms with E-state index in [0.29, 0.717) is 35.3 Å². The van der Waals surface area contributed by atoms with Crippen molar-refractivity contribution in [2.45, 2.75) is 26.4 Å². The molecule has 2 aromatic heterocycles. The number of ether oxygens (including phenoxy) is 1. The summed E-state index contributed by atoms with van der Waals surface area (Å²) in [6.45, 7) is 7.14. The lowest BCUT2D eigenvalue weighted by Crippen LogP contribution is -2.51. The van der Waals surface area contributed by atoms with Gasteiger partial charge in [0.2, 0.25) is 5.89 Å². The number of hydrogen-bond donors (Lipinski definition) is 0. The van der Waals surface area contributed by atoms with Crippen molar-refractivity contribution in [3.63, 3.8) is 0 Å². The van der Waals surface area contributed by atoms with Crippen molar-refractivity contribution >= 4 is 11.7 Å². The van der Waals surface area contributed by atoms with Crippen LogP contribution < -0.4 is 4.90 Å². The number of methoxy groups -OCH3 is 1. The number of carbonyl (C=O) groups is 1. The van der Waals surface area contributed by atoms with Gasteiger partial charge < -0.3 is 18.6 Å². The first-order chi connectivity index (χ1) is 17.0. The van der Waals surface area contributed by atoms with E-state index in [2.05, 4.69) is 32.1 Å². The van der Waals surface area contributed by atoms with Gasteiger partial charge in [-0.05, 0) is 38.1 Å². The minimum absolute atomic E-state index is 0.275. The van der Waals surface area contributed by atoms with Crippen molar-refractivity contribution in [3.8, 4) is 22.7 Å². The predicted molar refractivity (Wildman–Crippen MR) is 130 cm³/mol. The summed E-state index contributed by atoms with van der Waals surface area (Å²) in [7, 11) is 1.39. The summed E-state index contributed by atoms with van der Waals surface area (Å²) in [4.78, 5) is 16.3. The minimum Gasteiger partial charge on any atom is -0.465 e.